The first-order chi connectivity index (χ1) is 65.4. The van der Waals surface area contributed by atoms with Crippen LogP contribution in [-0.2, 0) is 106 Å². The van der Waals surface area contributed by atoms with E-state index in [-0.39, 0.29) is 65.3 Å². The number of allylic oxidation sites excluding steroid dienone is 11. The molecule has 138 heavy (non-hydrogen) atoms. The molecule has 2 fully saturated rings. The number of carbonyl (C=O) groups excluding carboxylic acids is 6. The van der Waals surface area contributed by atoms with Gasteiger partial charge in [-0.3, -0.25) is 59.4 Å². The zero-order valence-corrected chi connectivity index (χ0v) is 87.3. The third-order valence-electron chi connectivity index (χ3n) is 35.7. The molecule has 0 bridgehead atoms. The summed E-state index contributed by atoms with van der Waals surface area (Å²) in [5, 5.41) is 46.7. The van der Waals surface area contributed by atoms with Gasteiger partial charge in [0.25, 0.3) is 0 Å². The maximum atomic E-state index is 13.5. The molecule has 15 aliphatic carbocycles. The van der Waals surface area contributed by atoms with Crippen LogP contribution in [0.4, 0.5) is 0 Å². The molecule has 24 rings (SSSR count). The van der Waals surface area contributed by atoms with Crippen molar-refractivity contribution in [1.82, 2.24) is 61.2 Å². The largest absolute Gasteiger partial charge is 0.492 e. The van der Waals surface area contributed by atoms with Gasteiger partial charge < -0.3 is 4.74 Å². The lowest BCUT2D eigenvalue weighted by Crippen LogP contribution is -2.44. The molecule has 732 valence electrons. The fraction of sp³-hybridized carbons (Fsp3) is 0.597. The predicted octanol–water partition coefficient (Wildman–Crippen LogP) is 25.0. The summed E-state index contributed by atoms with van der Waals surface area (Å²) in [6, 6.07) is 16.9. The lowest BCUT2D eigenvalue weighted by Gasteiger charge is -2.48. The number of aromatic amines is 6. The third kappa shape index (κ3) is 15.9. The van der Waals surface area contributed by atoms with Gasteiger partial charge in [-0.2, -0.15) is 30.6 Å². The van der Waals surface area contributed by atoms with Crippen molar-refractivity contribution in [2.45, 2.75) is 416 Å². The molecular weight excluding hydrogens is 1710 g/mol. The first-order valence-electron chi connectivity index (χ1n) is 53.0. The van der Waals surface area contributed by atoms with Crippen molar-refractivity contribution in [2.24, 2.45) is 32.5 Å². The number of fused-ring (bicyclic) bond motifs is 18. The van der Waals surface area contributed by atoms with Crippen LogP contribution in [0.15, 0.2) is 115 Å². The Morgan fingerprint density at radius 1 is 0.297 bits per heavy atom. The molecule has 16 aliphatic rings. The van der Waals surface area contributed by atoms with Crippen LogP contribution in [0.2, 0.25) is 0 Å². The van der Waals surface area contributed by atoms with E-state index in [1.165, 1.54) is 150 Å². The highest BCUT2D eigenvalue weighted by Crippen LogP contribution is 2.64. The second-order valence-electron chi connectivity index (χ2n) is 50.0. The Kier molecular flexibility index (Phi) is 24.5. The molecule has 1 aliphatic heterocycles. The van der Waals surface area contributed by atoms with Gasteiger partial charge in [0.2, 0.25) is 0 Å². The fourth-order valence-corrected chi connectivity index (χ4v) is 31.9. The zero-order chi connectivity index (χ0) is 98.1. The third-order valence-corrected chi connectivity index (χ3v) is 35.7. The second kappa shape index (κ2) is 35.0. The van der Waals surface area contributed by atoms with Crippen molar-refractivity contribution in [1.29, 1.82) is 0 Å². The number of aryl methyl sites for hydroxylation is 7. The van der Waals surface area contributed by atoms with Gasteiger partial charge in [-0.15, -0.1) is 0 Å². The molecule has 19 heteroatoms. The summed E-state index contributed by atoms with van der Waals surface area (Å²) in [7, 11) is 0. The van der Waals surface area contributed by atoms with Crippen molar-refractivity contribution in [3.63, 3.8) is 0 Å². The van der Waals surface area contributed by atoms with E-state index in [0.29, 0.717) is 74.0 Å². The van der Waals surface area contributed by atoms with Crippen LogP contribution < -0.4 is 4.74 Å². The average molecular weight is 1860 g/mol. The number of nitrogens with one attached hydrogen (secondary N) is 6. The van der Waals surface area contributed by atoms with Crippen LogP contribution in [0.25, 0.3) is 0 Å². The molecule has 4 spiro atoms. The lowest BCUT2D eigenvalue weighted by atomic mass is 9.54. The van der Waals surface area contributed by atoms with E-state index < -0.39 is 5.41 Å². The minimum atomic E-state index is -0.496. The molecule has 19 nitrogen and oxygen atoms in total. The number of ketones is 6. The second-order valence-corrected chi connectivity index (χ2v) is 50.0. The Morgan fingerprint density at radius 2 is 0.587 bits per heavy atom. The van der Waals surface area contributed by atoms with E-state index in [0.717, 1.165) is 234 Å². The topological polar surface area (TPSA) is 284 Å². The average Bonchev–Trinajstić information content (AvgIpc) is 1.60. The fourth-order valence-electron chi connectivity index (χ4n) is 31.9. The van der Waals surface area contributed by atoms with E-state index >= 15 is 0 Å². The molecule has 8 aromatic rings. The SMILES string of the molecule is CCC1(CC)C2=C(Cc3n[nH]c(C)c31)CC(C)(C)CC2=O.CCCC1(CCC)C2=C(Cc3n[nH]c(C)c31)CC(C)(C)CC2=O.Cc1[nH]nc2c1C1(CCCC1)C1=C(C2)CC(C)(C)CC1=O.Cc1[nH]nc2c1C1(CCCCC1)C1=C(C2)CC(C)(C)CC1=O.Cc1[nH]nc2c1C1(CCCc3ccccc31)C1=C(C2)CC(C)(C)CC1=O.Cc1[nH]nc2c1C1(COc3ccccc31)C1=C(C2)CC(C)(C)CC1=O. The summed E-state index contributed by atoms with van der Waals surface area (Å²) in [6.45, 7) is 48.6. The van der Waals surface area contributed by atoms with E-state index in [1.54, 1.807) is 0 Å². The maximum absolute atomic E-state index is 13.5. The number of rotatable bonds is 6. The van der Waals surface area contributed by atoms with Crippen molar-refractivity contribution < 1.29 is 33.5 Å². The van der Waals surface area contributed by atoms with E-state index in [4.69, 9.17) is 4.74 Å². The molecular formula is C119H154N12O7. The van der Waals surface area contributed by atoms with Crippen molar-refractivity contribution >= 4 is 34.7 Å². The number of H-pyrrole nitrogens is 6. The van der Waals surface area contributed by atoms with Crippen LogP contribution in [-0.4, -0.2) is 102 Å². The van der Waals surface area contributed by atoms with Gasteiger partial charge in [0.15, 0.2) is 34.7 Å². The normalized spacial score (nSPS) is 25.1. The van der Waals surface area contributed by atoms with Gasteiger partial charge in [0.1, 0.15) is 12.4 Å². The molecule has 6 N–H and O–H groups in total. The van der Waals surface area contributed by atoms with Crippen LogP contribution in [0.3, 0.4) is 0 Å². The number of aromatic nitrogens is 12. The molecule has 6 aromatic heterocycles. The summed E-state index contributed by atoms with van der Waals surface area (Å²) in [5.41, 5.74) is 39.8. The molecule has 2 saturated carbocycles. The van der Waals surface area contributed by atoms with Gasteiger partial charge in [-0.05, 0) is 200 Å². The Hall–Kier alpha value is -10.0. The molecule has 2 atom stereocenters. The van der Waals surface area contributed by atoms with Crippen molar-refractivity contribution in [3.05, 3.63) is 234 Å². The van der Waals surface area contributed by atoms with Crippen LogP contribution >= 0.6 is 0 Å². The number of carbonyl (C=O) groups is 6. The minimum Gasteiger partial charge on any atom is -0.492 e. The van der Waals surface area contributed by atoms with Gasteiger partial charge in [-0.25, -0.2) is 0 Å². The summed E-state index contributed by atoms with van der Waals surface area (Å²) in [6.07, 6.45) is 35.5. The standard InChI is InChI=1S/C23H26N2O.C21H22N2O2.C20H30N2O.C19H26N2O.C18H24N2O.C18H26N2O/c1-14-20-18(25-24-14)11-16-12-22(2,3)13-19(26)21(16)23(20)10-6-8-15-7-4-5-9-17(15)23;1-12-18-15(23-22-12)8-13-9-20(2,3)10-16(24)19(13)21(18)11-25-17-7-5-4-6-14(17)21;1-6-8-20(9-7-2)17-13(3)21-22-15(17)10-14-11-19(4,5)12-16(23)18(14)20;1-12-16-14(21-20-12)9-13-10-18(2,3)11-15(22)17(13)19(16)7-5-4-6-8-19;1-11-15-13(20-19-11)8-12-9-17(2,3)10-14(21)16(12)18(15)6-4-5-7-18;1-6-18(7-2)15-11(3)19-20-13(15)8-12-9-17(4,5)10-14(21)16(12)18/h4-5,7,9H,6,8,10-13H2,1-3H3,(H,24,25);4-7H,8-11H2,1-3H3,(H,22,23);6-12H2,1-5H3,(H,21,22);4-11H2,1-3H3,(H,20,21);4-10H2,1-3H3,(H,19,20);6-10H2,1-5H3,(H,19,20). The summed E-state index contributed by atoms with van der Waals surface area (Å²) >= 11 is 0. The van der Waals surface area contributed by atoms with Crippen LogP contribution in [0.5, 0.6) is 5.75 Å². The van der Waals surface area contributed by atoms with E-state index in [2.05, 4.69) is 244 Å². The van der Waals surface area contributed by atoms with E-state index in [1.807, 2.05) is 18.2 Å². The lowest BCUT2D eigenvalue weighted by molar-refractivity contribution is -0.120. The minimum absolute atomic E-state index is 0.00637. The first-order valence-corrected chi connectivity index (χ1v) is 53.0. The van der Waals surface area contributed by atoms with E-state index in [9.17, 15) is 28.8 Å². The van der Waals surface area contributed by atoms with Gasteiger partial charge in [-0.1, -0.05) is 232 Å². The zero-order valence-electron chi connectivity index (χ0n) is 87.3. The molecule has 2 unspecified atom stereocenters. The number of benzene rings is 2. The summed E-state index contributed by atoms with van der Waals surface area (Å²) < 4.78 is 6.09. The number of nitrogens with zero attached hydrogens (tertiary/aromatic N) is 6. The van der Waals surface area contributed by atoms with Gasteiger partial charge in [0.05, 0.1) is 45.0 Å². The quantitative estimate of drug-likeness (QED) is 0.0904. The molecule has 0 saturated heterocycles. The predicted molar refractivity (Wildman–Crippen MR) is 544 cm³/mol. The highest BCUT2D eigenvalue weighted by molar-refractivity contribution is 6.06. The van der Waals surface area contributed by atoms with Crippen molar-refractivity contribution in [2.75, 3.05) is 6.61 Å². The highest BCUT2D eigenvalue weighted by atomic mass is 16.5. The van der Waals surface area contributed by atoms with Gasteiger partial charge in [0, 0.05) is 205 Å². The Bertz CT molecular complexity index is 6430. The Balaban J connectivity index is 0.000000106. The monoisotopic (exact) mass is 1860 g/mol. The summed E-state index contributed by atoms with van der Waals surface area (Å²) in [5.74, 6) is 3.12. The molecule has 7 heterocycles. The first kappa shape index (κ1) is 96.8. The molecule has 0 radical (unpaired) electrons. The Labute approximate surface area is 819 Å². The Morgan fingerprint density at radius 3 is 0.978 bits per heavy atom. The van der Waals surface area contributed by atoms with Crippen LogP contribution in [0, 0.1) is 74.0 Å². The molecule has 0 amide bonds. The molecule has 2 aromatic carbocycles. The number of hydrogen-bond acceptors (Lipinski definition) is 13. The maximum Gasteiger partial charge on any atom is 0.160 e. The smallest absolute Gasteiger partial charge is 0.160 e. The number of hydrogen-bond donors (Lipinski definition) is 6. The number of ether oxygens (including phenoxy) is 1. The highest BCUT2D eigenvalue weighted by Gasteiger charge is 2.60. The summed E-state index contributed by atoms with van der Waals surface area (Å²) in [4.78, 5) is 78.9. The number of Topliss-reactive ketones (excluding diaryl/α,β-unsaturated/α-hetero) is 6. The number of para-hydroxylation sites is 1. The van der Waals surface area contributed by atoms with Crippen LogP contribution in [0.1, 0.15) is 415 Å². The van der Waals surface area contributed by atoms with Gasteiger partial charge >= 0.3 is 0 Å². The van der Waals surface area contributed by atoms with Crippen molar-refractivity contribution in [3.8, 4) is 5.75 Å².